The molecule has 0 saturated carbocycles. The van der Waals surface area contributed by atoms with Crippen molar-refractivity contribution >= 4 is 22.6 Å². The quantitative estimate of drug-likeness (QED) is 0.677. The van der Waals surface area contributed by atoms with E-state index in [1.165, 1.54) is 12.1 Å². The Morgan fingerprint density at radius 1 is 1.17 bits per heavy atom. The van der Waals surface area contributed by atoms with Crippen LogP contribution in [0.2, 0.25) is 0 Å². The maximum atomic E-state index is 13.4. The molecule has 0 N–H and O–H groups in total. The van der Waals surface area contributed by atoms with Crippen LogP contribution in [0.15, 0.2) is 41.1 Å². The Morgan fingerprint density at radius 2 is 2.03 bits per heavy atom. The minimum Gasteiger partial charge on any atom is -0.354 e. The zero-order valence-corrected chi connectivity index (χ0v) is 16.2. The zero-order valence-electron chi connectivity index (χ0n) is 16.2. The summed E-state index contributed by atoms with van der Waals surface area (Å²) in [6.07, 6.45) is 4.44. The van der Waals surface area contributed by atoms with Crippen molar-refractivity contribution in [2.75, 3.05) is 37.6 Å². The lowest BCUT2D eigenvalue weighted by atomic mass is 9.83. The number of piperazine rings is 1. The van der Waals surface area contributed by atoms with Crippen molar-refractivity contribution in [3.05, 3.63) is 53.6 Å². The van der Waals surface area contributed by atoms with Crippen molar-refractivity contribution in [1.82, 2.24) is 15.0 Å². The molecule has 1 aliphatic carbocycles. The van der Waals surface area contributed by atoms with Crippen molar-refractivity contribution in [3.63, 3.8) is 0 Å². The summed E-state index contributed by atoms with van der Waals surface area (Å²) < 4.78 is 18.6. The molecule has 1 fully saturated rings. The molecule has 3 aromatic rings. The minimum absolute atomic E-state index is 0.0739. The van der Waals surface area contributed by atoms with Gasteiger partial charge >= 0.3 is 0 Å². The molecule has 3 heterocycles. The molecular weight excluding hydrogens is 371 g/mol. The van der Waals surface area contributed by atoms with Gasteiger partial charge < -0.3 is 9.42 Å². The highest BCUT2D eigenvalue weighted by Gasteiger charge is 2.29. The van der Waals surface area contributed by atoms with E-state index in [4.69, 9.17) is 4.52 Å². The van der Waals surface area contributed by atoms with Gasteiger partial charge in [-0.25, -0.2) is 4.39 Å². The maximum Gasteiger partial charge on any atom is 0.184 e. The molecule has 0 bridgehead atoms. The molecular formula is C22H23FN4O2. The van der Waals surface area contributed by atoms with Crippen LogP contribution >= 0.6 is 0 Å². The number of hydrogen-bond donors (Lipinski definition) is 0. The fourth-order valence-corrected chi connectivity index (χ4v) is 4.44. The topological polar surface area (TPSA) is 62.5 Å². The molecule has 1 saturated heterocycles. The maximum absolute atomic E-state index is 13.4. The van der Waals surface area contributed by atoms with Crippen LogP contribution < -0.4 is 4.90 Å². The van der Waals surface area contributed by atoms with E-state index in [9.17, 15) is 9.18 Å². The summed E-state index contributed by atoms with van der Waals surface area (Å²) in [5, 5.41) is 5.00. The van der Waals surface area contributed by atoms with E-state index in [0.29, 0.717) is 11.3 Å². The molecule has 1 aliphatic heterocycles. The summed E-state index contributed by atoms with van der Waals surface area (Å²) in [5.41, 5.74) is 2.23. The van der Waals surface area contributed by atoms with E-state index in [1.54, 1.807) is 12.3 Å². The summed E-state index contributed by atoms with van der Waals surface area (Å²) in [5.74, 6) is 0.737. The van der Waals surface area contributed by atoms with E-state index < -0.39 is 0 Å². The summed E-state index contributed by atoms with van der Waals surface area (Å²) in [4.78, 5) is 21.6. The number of benzene rings is 1. The Bertz CT molecular complexity index is 1040. The van der Waals surface area contributed by atoms with Crippen LogP contribution in [-0.2, 0) is 6.42 Å². The standard InChI is InChI=1S/C22H23FN4O2/c23-17-5-6-18-19(14-17)29-25-22(18)27-12-10-26(11-13-27)9-7-16-4-3-15-2-1-8-24-20(15)21(16)28/h1-2,5-6,8,14,16H,3-4,7,9-13H2. The SMILES string of the molecule is O=C1c2ncccc2CCC1CCN1CCN(c2noc3cc(F)ccc23)CC1. The monoisotopic (exact) mass is 394 g/mol. The van der Waals surface area contributed by atoms with E-state index in [2.05, 4.69) is 19.9 Å². The van der Waals surface area contributed by atoms with Crippen LogP contribution in [0.5, 0.6) is 0 Å². The largest absolute Gasteiger partial charge is 0.354 e. The second-order valence-electron chi connectivity index (χ2n) is 7.88. The van der Waals surface area contributed by atoms with E-state index in [1.807, 2.05) is 12.1 Å². The lowest BCUT2D eigenvalue weighted by molar-refractivity contribution is 0.0875. The predicted octanol–water partition coefficient (Wildman–Crippen LogP) is 3.32. The van der Waals surface area contributed by atoms with Crippen LogP contribution in [0, 0.1) is 11.7 Å². The van der Waals surface area contributed by atoms with Gasteiger partial charge in [0, 0.05) is 44.4 Å². The molecule has 150 valence electrons. The third-order valence-corrected chi connectivity index (χ3v) is 6.14. The summed E-state index contributed by atoms with van der Waals surface area (Å²) in [6, 6.07) is 8.45. The average molecular weight is 394 g/mol. The number of carbonyl (C=O) groups excluding carboxylic acids is 1. The van der Waals surface area contributed by atoms with Crippen molar-refractivity contribution in [2.45, 2.75) is 19.3 Å². The first-order chi connectivity index (χ1) is 14.2. The summed E-state index contributed by atoms with van der Waals surface area (Å²) >= 11 is 0. The molecule has 0 spiro atoms. The fraction of sp³-hybridized carbons (Fsp3) is 0.409. The van der Waals surface area contributed by atoms with Crippen molar-refractivity contribution < 1.29 is 13.7 Å². The molecule has 0 radical (unpaired) electrons. The highest BCUT2D eigenvalue weighted by molar-refractivity contribution is 5.98. The highest BCUT2D eigenvalue weighted by Crippen LogP contribution is 2.29. The second kappa shape index (κ2) is 7.55. The van der Waals surface area contributed by atoms with Crippen molar-refractivity contribution in [2.24, 2.45) is 5.92 Å². The summed E-state index contributed by atoms with van der Waals surface area (Å²) in [7, 11) is 0. The molecule has 1 aromatic carbocycles. The Balaban J connectivity index is 1.17. The van der Waals surface area contributed by atoms with Crippen LogP contribution in [0.1, 0.15) is 28.9 Å². The third kappa shape index (κ3) is 3.51. The lowest BCUT2D eigenvalue weighted by Crippen LogP contribution is -2.47. The molecule has 29 heavy (non-hydrogen) atoms. The van der Waals surface area contributed by atoms with E-state index in [-0.39, 0.29) is 17.5 Å². The number of fused-ring (bicyclic) bond motifs is 2. The molecule has 0 amide bonds. The number of aromatic nitrogens is 2. The first-order valence-corrected chi connectivity index (χ1v) is 10.2. The van der Waals surface area contributed by atoms with Crippen LogP contribution in [0.25, 0.3) is 11.0 Å². The van der Waals surface area contributed by atoms with E-state index >= 15 is 0 Å². The van der Waals surface area contributed by atoms with Gasteiger partial charge in [0.1, 0.15) is 11.5 Å². The van der Waals surface area contributed by atoms with Gasteiger partial charge in [-0.2, -0.15) is 0 Å². The van der Waals surface area contributed by atoms with Gasteiger partial charge in [-0.3, -0.25) is 14.7 Å². The predicted molar refractivity (Wildman–Crippen MR) is 108 cm³/mol. The number of pyridine rings is 1. The molecule has 2 aromatic heterocycles. The Kier molecular flexibility index (Phi) is 4.75. The number of halogens is 1. The molecule has 5 rings (SSSR count). The van der Waals surface area contributed by atoms with Gasteiger partial charge in [-0.1, -0.05) is 11.2 Å². The van der Waals surface area contributed by atoms with Gasteiger partial charge in [-0.15, -0.1) is 0 Å². The number of Topliss-reactive ketones (excluding diaryl/α,β-unsaturated/α-hetero) is 1. The van der Waals surface area contributed by atoms with Crippen molar-refractivity contribution in [1.29, 1.82) is 0 Å². The first kappa shape index (κ1) is 18.2. The number of anilines is 1. The number of aryl methyl sites for hydroxylation is 1. The molecule has 1 atom stereocenters. The smallest absolute Gasteiger partial charge is 0.184 e. The Morgan fingerprint density at radius 3 is 2.90 bits per heavy atom. The Hall–Kier alpha value is -2.80. The Labute approximate surface area is 168 Å². The van der Waals surface area contributed by atoms with Gasteiger partial charge in [0.15, 0.2) is 17.2 Å². The minimum atomic E-state index is -0.319. The average Bonchev–Trinajstić information content (AvgIpc) is 3.17. The van der Waals surface area contributed by atoms with E-state index in [0.717, 1.165) is 68.8 Å². The van der Waals surface area contributed by atoms with Gasteiger partial charge in [0.25, 0.3) is 0 Å². The second-order valence-corrected chi connectivity index (χ2v) is 7.88. The van der Waals surface area contributed by atoms with Crippen LogP contribution in [-0.4, -0.2) is 53.5 Å². The first-order valence-electron chi connectivity index (χ1n) is 10.2. The number of carbonyl (C=O) groups is 1. The molecule has 6 nitrogen and oxygen atoms in total. The van der Waals surface area contributed by atoms with Crippen LogP contribution in [0.3, 0.4) is 0 Å². The molecule has 7 heteroatoms. The number of nitrogens with zero attached hydrogens (tertiary/aromatic N) is 4. The van der Waals surface area contributed by atoms with Gasteiger partial charge in [0.05, 0.1) is 5.39 Å². The molecule has 1 unspecified atom stereocenters. The highest BCUT2D eigenvalue weighted by atomic mass is 19.1. The number of rotatable bonds is 4. The normalized spacial score (nSPS) is 20.2. The lowest BCUT2D eigenvalue weighted by Gasteiger charge is -2.35. The van der Waals surface area contributed by atoms with Crippen molar-refractivity contribution in [3.8, 4) is 0 Å². The van der Waals surface area contributed by atoms with Crippen LogP contribution in [0.4, 0.5) is 10.2 Å². The summed E-state index contributed by atoms with van der Waals surface area (Å²) in [6.45, 7) is 4.40. The van der Waals surface area contributed by atoms with Gasteiger partial charge in [0.2, 0.25) is 0 Å². The van der Waals surface area contributed by atoms with Gasteiger partial charge in [-0.05, 0) is 49.6 Å². The zero-order chi connectivity index (χ0) is 19.8. The third-order valence-electron chi connectivity index (χ3n) is 6.14. The molecule has 2 aliphatic rings. The number of ketones is 1. The fourth-order valence-electron chi connectivity index (χ4n) is 4.44. The number of hydrogen-bond acceptors (Lipinski definition) is 6.